The van der Waals surface area contributed by atoms with Gasteiger partial charge >= 0.3 is 0 Å². The highest BCUT2D eigenvalue weighted by atomic mass is 123. The van der Waals surface area contributed by atoms with E-state index in [-0.39, 0.29) is 0 Å². The number of hydrogen-bond acceptors (Lipinski definition) is 3. The van der Waals surface area contributed by atoms with Gasteiger partial charge in [0.25, 0.3) is 0 Å². The van der Waals surface area contributed by atoms with Crippen molar-refractivity contribution in [3.05, 3.63) is 46.0 Å². The molecule has 3 aromatic rings. The van der Waals surface area contributed by atoms with Crippen molar-refractivity contribution in [1.82, 2.24) is 15.0 Å². The molecule has 0 saturated heterocycles. The zero-order chi connectivity index (χ0) is 13.4. The lowest BCUT2D eigenvalue weighted by molar-refractivity contribution is 0.765. The Hall–Kier alpha value is -1.63. The lowest BCUT2D eigenvalue weighted by Gasteiger charge is -2.12. The topological polar surface area (TPSA) is 34.0 Å². The van der Waals surface area contributed by atoms with E-state index in [9.17, 15) is 0 Å². The summed E-state index contributed by atoms with van der Waals surface area (Å²) in [4.78, 5) is 3.75. The van der Waals surface area contributed by atoms with Crippen LogP contribution in [0.2, 0.25) is 0 Å². The van der Waals surface area contributed by atoms with Gasteiger partial charge in [0.05, 0.1) is 5.69 Å². The molecule has 0 atom stereocenters. The minimum absolute atomic E-state index is 0.914. The summed E-state index contributed by atoms with van der Waals surface area (Å²) in [5.41, 5.74) is 3.97. The van der Waals surface area contributed by atoms with E-state index in [0.717, 1.165) is 22.4 Å². The highest BCUT2D eigenvalue weighted by molar-refractivity contribution is 14.1. The Morgan fingerprint density at radius 1 is 0.947 bits per heavy atom. The summed E-state index contributed by atoms with van der Waals surface area (Å²) < 4.78 is 1.17. The summed E-state index contributed by atoms with van der Waals surface area (Å²) in [6.45, 7) is 0. The van der Waals surface area contributed by atoms with Crippen LogP contribution >= 0.6 is 22.6 Å². The van der Waals surface area contributed by atoms with E-state index in [2.05, 4.69) is 49.8 Å². The lowest BCUT2D eigenvalue weighted by atomic mass is 10.3. The van der Waals surface area contributed by atoms with Gasteiger partial charge in [-0.25, -0.2) is 0 Å². The van der Waals surface area contributed by atoms with E-state index in [0.29, 0.717) is 0 Å². The molecule has 0 aliphatic carbocycles. The van der Waals surface area contributed by atoms with Crippen LogP contribution in [0.3, 0.4) is 0 Å². The molecule has 0 amide bonds. The molecule has 3 rings (SSSR count). The fourth-order valence-corrected chi connectivity index (χ4v) is 2.36. The predicted octanol–water partition coefficient (Wildman–Crippen LogP) is 3.09. The molecule has 0 N–H and O–H groups in total. The average Bonchev–Trinajstić information content (AvgIpc) is 2.81. The normalized spacial score (nSPS) is 10.9. The van der Waals surface area contributed by atoms with Crippen LogP contribution in [0.25, 0.3) is 16.7 Å². The van der Waals surface area contributed by atoms with Crippen LogP contribution in [-0.2, 0) is 0 Å². The third-order valence-corrected chi connectivity index (χ3v) is 3.61. The minimum atomic E-state index is 0.914. The summed E-state index contributed by atoms with van der Waals surface area (Å²) in [6.07, 6.45) is 0. The largest absolute Gasteiger partial charge is 0.378 e. The summed E-state index contributed by atoms with van der Waals surface area (Å²) >= 11 is 2.28. The Balaban J connectivity index is 2.03. The SMILES string of the molecule is CN(C)c1ccc(-n2nc3ccc([123I])cc3n2)cc1. The second-order valence-corrected chi connectivity index (χ2v) is 5.78. The molecule has 0 saturated carbocycles. The van der Waals surface area contributed by atoms with Crippen molar-refractivity contribution >= 4 is 39.3 Å². The van der Waals surface area contributed by atoms with Crippen molar-refractivity contribution in [3.63, 3.8) is 0 Å². The fraction of sp³-hybridized carbons (Fsp3) is 0.143. The zero-order valence-electron chi connectivity index (χ0n) is 10.7. The van der Waals surface area contributed by atoms with Gasteiger partial charge in [-0.1, -0.05) is 0 Å². The van der Waals surface area contributed by atoms with Gasteiger partial charge in [-0.2, -0.15) is 4.80 Å². The smallest absolute Gasteiger partial charge is 0.114 e. The van der Waals surface area contributed by atoms with Crippen LogP contribution in [0, 0.1) is 3.57 Å². The van der Waals surface area contributed by atoms with E-state index >= 15 is 0 Å². The van der Waals surface area contributed by atoms with Gasteiger partial charge in [0, 0.05) is 23.4 Å². The van der Waals surface area contributed by atoms with Gasteiger partial charge in [-0.3, -0.25) is 0 Å². The number of hydrogen-bond donors (Lipinski definition) is 0. The molecule has 0 spiro atoms. The Morgan fingerprint density at radius 3 is 2.32 bits per heavy atom. The number of halogens is 1. The number of benzene rings is 2. The maximum absolute atomic E-state index is 4.51. The van der Waals surface area contributed by atoms with Crippen LogP contribution in [0.4, 0.5) is 5.69 Å². The molecule has 0 aliphatic heterocycles. The lowest BCUT2D eigenvalue weighted by Crippen LogP contribution is -2.08. The van der Waals surface area contributed by atoms with E-state index < -0.39 is 0 Å². The molecule has 4 nitrogen and oxygen atoms in total. The Morgan fingerprint density at radius 2 is 1.63 bits per heavy atom. The van der Waals surface area contributed by atoms with Crippen LogP contribution in [-0.4, -0.2) is 29.1 Å². The number of nitrogens with zero attached hydrogens (tertiary/aromatic N) is 4. The van der Waals surface area contributed by atoms with Gasteiger partial charge in [0.1, 0.15) is 11.0 Å². The van der Waals surface area contributed by atoms with Crippen molar-refractivity contribution in [2.75, 3.05) is 19.0 Å². The molecule has 96 valence electrons. The van der Waals surface area contributed by atoms with Crippen molar-refractivity contribution in [3.8, 4) is 5.69 Å². The maximum Gasteiger partial charge on any atom is 0.114 e. The van der Waals surface area contributed by atoms with Crippen molar-refractivity contribution in [2.45, 2.75) is 0 Å². The first kappa shape index (κ1) is 12.4. The number of aromatic nitrogens is 3. The van der Waals surface area contributed by atoms with E-state index in [1.807, 2.05) is 44.4 Å². The number of fused-ring (bicyclic) bond motifs is 1. The zero-order valence-corrected chi connectivity index (χ0v) is 12.9. The number of anilines is 1. The van der Waals surface area contributed by atoms with Gasteiger partial charge in [0.2, 0.25) is 0 Å². The van der Waals surface area contributed by atoms with Crippen molar-refractivity contribution in [2.24, 2.45) is 0 Å². The molecule has 1 heterocycles. The Labute approximate surface area is 125 Å². The third-order valence-electron chi connectivity index (χ3n) is 2.94. The van der Waals surface area contributed by atoms with Gasteiger partial charge in [0.15, 0.2) is 0 Å². The first-order valence-electron chi connectivity index (χ1n) is 5.94. The third kappa shape index (κ3) is 2.42. The van der Waals surface area contributed by atoms with E-state index in [1.54, 1.807) is 4.80 Å². The molecular weight excluding hydrogens is 347 g/mol. The Kier molecular flexibility index (Phi) is 3.14. The predicted molar refractivity (Wildman–Crippen MR) is 85.9 cm³/mol. The summed E-state index contributed by atoms with van der Waals surface area (Å²) in [7, 11) is 4.05. The molecule has 0 fully saturated rings. The summed E-state index contributed by atoms with van der Waals surface area (Å²) in [6, 6.07) is 14.2. The second-order valence-electron chi connectivity index (χ2n) is 4.53. The molecular formula is C14H13IN4. The quantitative estimate of drug-likeness (QED) is 0.659. The van der Waals surface area contributed by atoms with Gasteiger partial charge in [-0.15, -0.1) is 10.2 Å². The molecule has 19 heavy (non-hydrogen) atoms. The molecule has 0 unspecified atom stereocenters. The van der Waals surface area contributed by atoms with Crippen LogP contribution in [0.5, 0.6) is 0 Å². The molecule has 0 bridgehead atoms. The second kappa shape index (κ2) is 4.80. The van der Waals surface area contributed by atoms with E-state index in [1.165, 1.54) is 3.57 Å². The average molecular weight is 360 g/mol. The van der Waals surface area contributed by atoms with E-state index in [4.69, 9.17) is 0 Å². The van der Waals surface area contributed by atoms with Gasteiger partial charge in [-0.05, 0) is 65.1 Å². The molecule has 2 aromatic carbocycles. The van der Waals surface area contributed by atoms with Crippen LogP contribution in [0.1, 0.15) is 0 Å². The first-order valence-corrected chi connectivity index (χ1v) is 7.02. The molecule has 0 aliphatic rings. The fourth-order valence-electron chi connectivity index (χ4n) is 1.89. The summed E-state index contributed by atoms with van der Waals surface area (Å²) in [5.74, 6) is 0. The highest BCUT2D eigenvalue weighted by Crippen LogP contribution is 2.17. The molecule has 1 aromatic heterocycles. The maximum atomic E-state index is 4.51. The standard InChI is InChI=1S/C14H13IN4/c1-18(2)11-4-6-12(7-5-11)19-16-13-8-3-10(15)9-14(13)17-19/h3-9H,1-2H3/i15-4. The van der Waals surface area contributed by atoms with Crippen molar-refractivity contribution < 1.29 is 0 Å². The Bertz CT molecular complexity index is 716. The van der Waals surface area contributed by atoms with Crippen LogP contribution in [0.15, 0.2) is 42.5 Å². The minimum Gasteiger partial charge on any atom is -0.378 e. The highest BCUT2D eigenvalue weighted by Gasteiger charge is 2.05. The first-order chi connectivity index (χ1) is 9.13. The van der Waals surface area contributed by atoms with Crippen LogP contribution < -0.4 is 4.90 Å². The number of rotatable bonds is 2. The van der Waals surface area contributed by atoms with Gasteiger partial charge < -0.3 is 4.90 Å². The molecule has 0 radical (unpaired) electrons. The molecule has 5 heteroatoms. The summed E-state index contributed by atoms with van der Waals surface area (Å²) in [5, 5.41) is 8.99. The monoisotopic (exact) mass is 360 g/mol. The van der Waals surface area contributed by atoms with Crippen molar-refractivity contribution in [1.29, 1.82) is 0 Å².